The van der Waals surface area contributed by atoms with Crippen LogP contribution < -0.4 is 5.32 Å². The van der Waals surface area contributed by atoms with E-state index in [1.165, 1.54) is 11.8 Å². The van der Waals surface area contributed by atoms with E-state index in [1.807, 2.05) is 36.6 Å². The molecule has 2 aromatic rings. The maximum absolute atomic E-state index is 12.2. The third kappa shape index (κ3) is 4.25. The van der Waals surface area contributed by atoms with Gasteiger partial charge in [0.1, 0.15) is 5.82 Å². The van der Waals surface area contributed by atoms with Crippen LogP contribution >= 0.6 is 11.8 Å². The van der Waals surface area contributed by atoms with Gasteiger partial charge in [-0.25, -0.2) is 9.97 Å². The van der Waals surface area contributed by atoms with Crippen LogP contribution in [0.2, 0.25) is 0 Å². The molecule has 0 radical (unpaired) electrons. The zero-order valence-corrected chi connectivity index (χ0v) is 14.9. The second-order valence-corrected chi connectivity index (χ2v) is 6.19. The number of hydrogen-bond acceptors (Lipinski definition) is 6. The number of benzene rings is 1. The number of ether oxygens (including phenoxy) is 2. The highest BCUT2D eigenvalue weighted by Gasteiger charge is 2.26. The third-order valence-electron chi connectivity index (χ3n) is 3.71. The van der Waals surface area contributed by atoms with Gasteiger partial charge in [0.25, 0.3) is 5.91 Å². The van der Waals surface area contributed by atoms with E-state index in [1.54, 1.807) is 13.3 Å². The molecule has 0 unspecified atom stereocenters. The topological polar surface area (TPSA) is 73.3 Å². The molecular formula is C18H19N3O3S. The van der Waals surface area contributed by atoms with Gasteiger partial charge in [0.05, 0.1) is 25.4 Å². The lowest BCUT2D eigenvalue weighted by Crippen LogP contribution is -2.04. The lowest BCUT2D eigenvalue weighted by Gasteiger charge is -2.04. The number of amides is 1. The molecule has 130 valence electrons. The minimum Gasteiger partial charge on any atom is -0.382 e. The van der Waals surface area contributed by atoms with Gasteiger partial charge in [-0.2, -0.15) is 0 Å². The summed E-state index contributed by atoms with van der Waals surface area (Å²) in [6.07, 6.45) is 5.44. The number of fused-ring (bicyclic) bond motifs is 1. The van der Waals surface area contributed by atoms with Gasteiger partial charge < -0.3 is 14.8 Å². The van der Waals surface area contributed by atoms with E-state index in [0.29, 0.717) is 36.4 Å². The normalized spacial score (nSPS) is 14.6. The van der Waals surface area contributed by atoms with Crippen molar-refractivity contribution in [3.8, 4) is 0 Å². The summed E-state index contributed by atoms with van der Waals surface area (Å²) in [6.45, 7) is 1.69. The molecule has 1 aliphatic heterocycles. The van der Waals surface area contributed by atoms with Crippen molar-refractivity contribution in [2.24, 2.45) is 0 Å². The van der Waals surface area contributed by atoms with E-state index in [0.717, 1.165) is 16.7 Å². The second kappa shape index (κ2) is 8.24. The maximum Gasteiger partial charge on any atom is 0.257 e. The zero-order valence-electron chi connectivity index (χ0n) is 14.1. The number of carbonyl (C=O) groups excluding carboxylic acids is 1. The van der Waals surface area contributed by atoms with Gasteiger partial charge in [0.2, 0.25) is 0 Å². The van der Waals surface area contributed by atoms with Gasteiger partial charge in [-0.3, -0.25) is 4.79 Å². The molecule has 1 amide bonds. The molecule has 0 spiro atoms. The van der Waals surface area contributed by atoms with E-state index >= 15 is 0 Å². The number of carbonyl (C=O) groups is 1. The van der Waals surface area contributed by atoms with Gasteiger partial charge in [-0.15, -0.1) is 0 Å². The molecule has 7 heteroatoms. The van der Waals surface area contributed by atoms with Gasteiger partial charge in [0, 0.05) is 18.9 Å². The lowest BCUT2D eigenvalue weighted by molar-refractivity contribution is -0.110. The molecule has 0 saturated carbocycles. The van der Waals surface area contributed by atoms with Crippen LogP contribution in [0.25, 0.3) is 11.6 Å². The fraction of sp³-hybridized carbons (Fsp3) is 0.278. The number of anilines is 1. The maximum atomic E-state index is 12.2. The minimum absolute atomic E-state index is 0.158. The van der Waals surface area contributed by atoms with E-state index in [4.69, 9.17) is 9.47 Å². The summed E-state index contributed by atoms with van der Waals surface area (Å²) < 4.78 is 10.4. The largest absolute Gasteiger partial charge is 0.382 e. The molecule has 1 aromatic carbocycles. The van der Waals surface area contributed by atoms with E-state index < -0.39 is 0 Å². The Morgan fingerprint density at radius 2 is 2.04 bits per heavy atom. The SMILES string of the molecule is COCCOCc1ccc(/C=C2/C(=O)Nc3nc(SC)ncc32)cc1. The van der Waals surface area contributed by atoms with Crippen molar-refractivity contribution in [2.75, 3.05) is 31.9 Å². The van der Waals surface area contributed by atoms with Crippen molar-refractivity contribution in [3.05, 3.63) is 47.2 Å². The van der Waals surface area contributed by atoms with Crippen LogP contribution in [-0.2, 0) is 20.9 Å². The van der Waals surface area contributed by atoms with Crippen molar-refractivity contribution >= 4 is 35.1 Å². The standard InChI is InChI=1S/C18H19N3O3S/c1-23-7-8-24-11-13-5-3-12(4-6-13)9-14-15-10-19-18(25-2)21-16(15)20-17(14)22/h3-6,9-10H,7-8,11H2,1-2H3,(H,19,20,21,22)/b14-9+. The first kappa shape index (κ1) is 17.6. The molecule has 1 aromatic heterocycles. The van der Waals surface area contributed by atoms with Crippen LogP contribution in [0, 0.1) is 0 Å². The van der Waals surface area contributed by atoms with Crippen LogP contribution in [0.3, 0.4) is 0 Å². The lowest BCUT2D eigenvalue weighted by atomic mass is 10.1. The van der Waals surface area contributed by atoms with Crippen LogP contribution in [0.4, 0.5) is 5.82 Å². The quantitative estimate of drug-likeness (QED) is 0.355. The van der Waals surface area contributed by atoms with Gasteiger partial charge in [-0.1, -0.05) is 36.0 Å². The van der Waals surface area contributed by atoms with Crippen LogP contribution in [0.15, 0.2) is 35.6 Å². The first-order chi connectivity index (χ1) is 12.2. The summed E-state index contributed by atoms with van der Waals surface area (Å²) in [4.78, 5) is 20.8. The van der Waals surface area contributed by atoms with Crippen LogP contribution in [0.1, 0.15) is 16.7 Å². The van der Waals surface area contributed by atoms with Crippen molar-refractivity contribution in [1.82, 2.24) is 9.97 Å². The van der Waals surface area contributed by atoms with E-state index in [9.17, 15) is 4.79 Å². The second-order valence-electron chi connectivity index (χ2n) is 5.42. The van der Waals surface area contributed by atoms with Gasteiger partial charge in [0.15, 0.2) is 5.16 Å². The number of rotatable bonds is 7. The average Bonchev–Trinajstić information content (AvgIpc) is 2.94. The number of aromatic nitrogens is 2. The molecule has 25 heavy (non-hydrogen) atoms. The predicted molar refractivity (Wildman–Crippen MR) is 98.3 cm³/mol. The highest BCUT2D eigenvalue weighted by molar-refractivity contribution is 7.98. The Balaban J connectivity index is 1.74. The fourth-order valence-electron chi connectivity index (χ4n) is 2.41. The van der Waals surface area contributed by atoms with Crippen LogP contribution in [0.5, 0.6) is 0 Å². The molecule has 0 atom stereocenters. The smallest absolute Gasteiger partial charge is 0.257 e. The molecule has 2 heterocycles. The summed E-state index contributed by atoms with van der Waals surface area (Å²) in [5.41, 5.74) is 3.32. The summed E-state index contributed by atoms with van der Waals surface area (Å²) in [6, 6.07) is 7.90. The predicted octanol–water partition coefficient (Wildman–Crippen LogP) is 2.85. The first-order valence-corrected chi connectivity index (χ1v) is 9.04. The van der Waals surface area contributed by atoms with Gasteiger partial charge >= 0.3 is 0 Å². The Hall–Kier alpha value is -2.22. The molecule has 0 aliphatic carbocycles. The molecule has 3 rings (SSSR count). The van der Waals surface area contributed by atoms with Crippen LogP contribution in [-0.4, -0.2) is 42.5 Å². The molecule has 1 N–H and O–H groups in total. The fourth-order valence-corrected chi connectivity index (χ4v) is 2.75. The Morgan fingerprint density at radius 1 is 1.24 bits per heavy atom. The Morgan fingerprint density at radius 3 is 2.76 bits per heavy atom. The molecular weight excluding hydrogens is 338 g/mol. The summed E-state index contributed by atoms with van der Waals surface area (Å²) in [5.74, 6) is 0.410. The molecule has 6 nitrogen and oxygen atoms in total. The molecule has 1 aliphatic rings. The van der Waals surface area contributed by atoms with E-state index in [2.05, 4.69) is 15.3 Å². The Bertz CT molecular complexity index is 791. The number of methoxy groups -OCH3 is 1. The highest BCUT2D eigenvalue weighted by Crippen LogP contribution is 2.32. The Labute approximate surface area is 150 Å². The van der Waals surface area contributed by atoms with Gasteiger partial charge in [-0.05, 0) is 23.5 Å². The van der Waals surface area contributed by atoms with E-state index in [-0.39, 0.29) is 5.91 Å². The van der Waals surface area contributed by atoms with Crippen molar-refractivity contribution in [3.63, 3.8) is 0 Å². The number of thioether (sulfide) groups is 1. The average molecular weight is 357 g/mol. The highest BCUT2D eigenvalue weighted by atomic mass is 32.2. The summed E-state index contributed by atoms with van der Waals surface area (Å²) in [7, 11) is 1.65. The molecule has 0 bridgehead atoms. The van der Waals surface area contributed by atoms with Crippen molar-refractivity contribution in [2.45, 2.75) is 11.8 Å². The number of nitrogens with zero attached hydrogens (tertiary/aromatic N) is 2. The summed E-state index contributed by atoms with van der Waals surface area (Å²) in [5, 5.41) is 3.43. The Kier molecular flexibility index (Phi) is 5.80. The van der Waals surface area contributed by atoms with Crippen molar-refractivity contribution < 1.29 is 14.3 Å². The minimum atomic E-state index is -0.158. The molecule has 0 fully saturated rings. The number of nitrogens with one attached hydrogen (secondary N) is 1. The molecule has 0 saturated heterocycles. The summed E-state index contributed by atoms with van der Waals surface area (Å²) >= 11 is 1.44. The first-order valence-electron chi connectivity index (χ1n) is 7.81. The zero-order chi connectivity index (χ0) is 17.6. The number of hydrogen-bond donors (Lipinski definition) is 1. The monoisotopic (exact) mass is 357 g/mol. The third-order valence-corrected chi connectivity index (χ3v) is 4.27. The van der Waals surface area contributed by atoms with Crippen molar-refractivity contribution in [1.29, 1.82) is 0 Å².